The minimum atomic E-state index is -0.322. The SMILES string of the molecule is CNC(CO)c1cc(O)ccc1C#N. The Morgan fingerprint density at radius 1 is 1.57 bits per heavy atom. The van der Waals surface area contributed by atoms with Crippen LogP contribution in [0.5, 0.6) is 5.75 Å². The standard InChI is InChI=1S/C10H12N2O2/c1-12-10(6-13)9-4-8(14)3-2-7(9)5-11/h2-4,10,12-14H,6H2,1H3. The number of phenols is 1. The Bertz CT molecular complexity index is 354. The Balaban J connectivity index is 3.16. The molecule has 0 aliphatic heterocycles. The normalized spacial score (nSPS) is 12.1. The fraction of sp³-hybridized carbons (Fsp3) is 0.300. The van der Waals surface area contributed by atoms with Crippen molar-refractivity contribution in [1.82, 2.24) is 5.32 Å². The number of aliphatic hydroxyl groups is 1. The van der Waals surface area contributed by atoms with Crippen LogP contribution in [0.1, 0.15) is 17.2 Å². The van der Waals surface area contributed by atoms with Crippen molar-refractivity contribution >= 4 is 0 Å². The number of aromatic hydroxyl groups is 1. The summed E-state index contributed by atoms with van der Waals surface area (Å²) in [5, 5.41) is 30.0. The number of hydrogen-bond acceptors (Lipinski definition) is 4. The summed E-state index contributed by atoms with van der Waals surface area (Å²) in [7, 11) is 1.69. The predicted octanol–water partition coefficient (Wildman–Crippen LogP) is 0.517. The lowest BCUT2D eigenvalue weighted by molar-refractivity contribution is 0.250. The largest absolute Gasteiger partial charge is 0.508 e. The van der Waals surface area contributed by atoms with Crippen molar-refractivity contribution in [2.75, 3.05) is 13.7 Å². The highest BCUT2D eigenvalue weighted by molar-refractivity contribution is 5.44. The molecule has 0 saturated carbocycles. The smallest absolute Gasteiger partial charge is 0.116 e. The van der Waals surface area contributed by atoms with Crippen molar-refractivity contribution in [3.8, 4) is 11.8 Å². The highest BCUT2D eigenvalue weighted by atomic mass is 16.3. The third-order valence-corrected chi connectivity index (χ3v) is 2.06. The van der Waals surface area contributed by atoms with E-state index in [-0.39, 0.29) is 18.4 Å². The second kappa shape index (κ2) is 4.61. The van der Waals surface area contributed by atoms with Crippen LogP contribution in [-0.2, 0) is 0 Å². The molecule has 4 heteroatoms. The lowest BCUT2D eigenvalue weighted by Gasteiger charge is -2.14. The van der Waals surface area contributed by atoms with Gasteiger partial charge in [-0.2, -0.15) is 5.26 Å². The van der Waals surface area contributed by atoms with Gasteiger partial charge in [-0.1, -0.05) is 0 Å². The minimum absolute atomic E-state index is 0.0905. The molecule has 0 aliphatic carbocycles. The van der Waals surface area contributed by atoms with Gasteiger partial charge in [-0.15, -0.1) is 0 Å². The van der Waals surface area contributed by atoms with Crippen molar-refractivity contribution in [3.05, 3.63) is 29.3 Å². The maximum atomic E-state index is 9.25. The van der Waals surface area contributed by atoms with E-state index in [4.69, 9.17) is 10.4 Å². The first-order valence-corrected chi connectivity index (χ1v) is 4.24. The summed E-state index contributed by atoms with van der Waals surface area (Å²) in [4.78, 5) is 0. The molecule has 0 saturated heterocycles. The monoisotopic (exact) mass is 192 g/mol. The Morgan fingerprint density at radius 3 is 2.79 bits per heavy atom. The summed E-state index contributed by atoms with van der Waals surface area (Å²) in [6, 6.07) is 6.15. The second-order valence-corrected chi connectivity index (χ2v) is 2.91. The molecule has 0 aliphatic rings. The van der Waals surface area contributed by atoms with Gasteiger partial charge in [-0.3, -0.25) is 0 Å². The fourth-order valence-corrected chi connectivity index (χ4v) is 1.29. The number of nitriles is 1. The molecule has 0 amide bonds. The molecular weight excluding hydrogens is 180 g/mol. The van der Waals surface area contributed by atoms with Crippen LogP contribution in [0.3, 0.4) is 0 Å². The van der Waals surface area contributed by atoms with Crippen molar-refractivity contribution in [3.63, 3.8) is 0 Å². The van der Waals surface area contributed by atoms with E-state index in [9.17, 15) is 5.11 Å². The Kier molecular flexibility index (Phi) is 3.46. The molecular formula is C10H12N2O2. The van der Waals surface area contributed by atoms with Crippen LogP contribution in [0.4, 0.5) is 0 Å². The summed E-state index contributed by atoms with van der Waals surface area (Å²) in [6.45, 7) is -0.116. The van der Waals surface area contributed by atoms with Crippen LogP contribution in [0, 0.1) is 11.3 Å². The van der Waals surface area contributed by atoms with Crippen LogP contribution < -0.4 is 5.32 Å². The van der Waals surface area contributed by atoms with Crippen LogP contribution in [-0.4, -0.2) is 23.9 Å². The fourth-order valence-electron chi connectivity index (χ4n) is 1.29. The van der Waals surface area contributed by atoms with E-state index in [1.807, 2.05) is 6.07 Å². The average molecular weight is 192 g/mol. The van der Waals surface area contributed by atoms with E-state index in [0.29, 0.717) is 11.1 Å². The average Bonchev–Trinajstić information content (AvgIpc) is 2.20. The molecule has 1 aromatic rings. The topological polar surface area (TPSA) is 76.3 Å². The van der Waals surface area contributed by atoms with Crippen molar-refractivity contribution in [1.29, 1.82) is 5.26 Å². The highest BCUT2D eigenvalue weighted by Crippen LogP contribution is 2.21. The third kappa shape index (κ3) is 2.02. The van der Waals surface area contributed by atoms with Crippen LogP contribution in [0.15, 0.2) is 18.2 Å². The molecule has 1 atom stereocenters. The van der Waals surface area contributed by atoms with E-state index in [1.54, 1.807) is 7.05 Å². The zero-order valence-corrected chi connectivity index (χ0v) is 7.86. The number of hydrogen-bond donors (Lipinski definition) is 3. The summed E-state index contributed by atoms with van der Waals surface area (Å²) >= 11 is 0. The van der Waals surface area contributed by atoms with Gasteiger partial charge in [-0.25, -0.2) is 0 Å². The van der Waals surface area contributed by atoms with Gasteiger partial charge in [0.2, 0.25) is 0 Å². The maximum Gasteiger partial charge on any atom is 0.116 e. The Labute approximate surface area is 82.4 Å². The molecule has 74 valence electrons. The van der Waals surface area contributed by atoms with Gasteiger partial charge < -0.3 is 15.5 Å². The summed E-state index contributed by atoms with van der Waals surface area (Å²) in [5.74, 6) is 0.0905. The van der Waals surface area contributed by atoms with Gasteiger partial charge in [0.15, 0.2) is 0 Å². The molecule has 1 rings (SSSR count). The molecule has 0 fully saturated rings. The first-order chi connectivity index (χ1) is 6.72. The van der Waals surface area contributed by atoms with Gasteiger partial charge in [0, 0.05) is 0 Å². The van der Waals surface area contributed by atoms with Gasteiger partial charge in [0.25, 0.3) is 0 Å². The summed E-state index contributed by atoms with van der Waals surface area (Å²) in [6.07, 6.45) is 0. The van der Waals surface area contributed by atoms with E-state index in [1.165, 1.54) is 18.2 Å². The van der Waals surface area contributed by atoms with E-state index >= 15 is 0 Å². The van der Waals surface area contributed by atoms with Gasteiger partial charge >= 0.3 is 0 Å². The first-order valence-electron chi connectivity index (χ1n) is 4.24. The first kappa shape index (κ1) is 10.5. The quantitative estimate of drug-likeness (QED) is 0.652. The number of benzene rings is 1. The molecule has 0 spiro atoms. The van der Waals surface area contributed by atoms with Gasteiger partial charge in [0.1, 0.15) is 5.75 Å². The molecule has 14 heavy (non-hydrogen) atoms. The lowest BCUT2D eigenvalue weighted by Crippen LogP contribution is -2.20. The Morgan fingerprint density at radius 2 is 2.29 bits per heavy atom. The lowest BCUT2D eigenvalue weighted by atomic mass is 10.0. The van der Waals surface area contributed by atoms with Crippen molar-refractivity contribution in [2.24, 2.45) is 0 Å². The molecule has 1 aromatic carbocycles. The second-order valence-electron chi connectivity index (χ2n) is 2.91. The molecule has 0 heterocycles. The van der Waals surface area contributed by atoms with Gasteiger partial charge in [0.05, 0.1) is 24.3 Å². The third-order valence-electron chi connectivity index (χ3n) is 2.06. The molecule has 4 nitrogen and oxygen atoms in total. The highest BCUT2D eigenvalue weighted by Gasteiger charge is 2.12. The minimum Gasteiger partial charge on any atom is -0.508 e. The van der Waals surface area contributed by atoms with Crippen LogP contribution in [0.25, 0.3) is 0 Å². The molecule has 3 N–H and O–H groups in total. The van der Waals surface area contributed by atoms with E-state index in [2.05, 4.69) is 5.32 Å². The zero-order valence-electron chi connectivity index (χ0n) is 7.86. The number of aliphatic hydroxyl groups excluding tert-OH is 1. The molecule has 0 bridgehead atoms. The molecule has 0 radical (unpaired) electrons. The van der Waals surface area contributed by atoms with Crippen molar-refractivity contribution < 1.29 is 10.2 Å². The van der Waals surface area contributed by atoms with Gasteiger partial charge in [-0.05, 0) is 30.8 Å². The maximum absolute atomic E-state index is 9.25. The zero-order chi connectivity index (χ0) is 10.6. The van der Waals surface area contributed by atoms with Crippen molar-refractivity contribution in [2.45, 2.75) is 6.04 Å². The number of rotatable bonds is 3. The predicted molar refractivity (Wildman–Crippen MR) is 51.7 cm³/mol. The number of nitrogens with one attached hydrogen (secondary N) is 1. The van der Waals surface area contributed by atoms with Crippen LogP contribution >= 0.6 is 0 Å². The number of phenolic OH excluding ortho intramolecular Hbond substituents is 1. The number of likely N-dealkylation sites (N-methyl/N-ethyl adjacent to an activating group) is 1. The summed E-state index contributed by atoms with van der Waals surface area (Å²) < 4.78 is 0. The van der Waals surface area contributed by atoms with Crippen LogP contribution in [0.2, 0.25) is 0 Å². The van der Waals surface area contributed by atoms with E-state index in [0.717, 1.165) is 0 Å². The molecule has 0 aromatic heterocycles. The molecule has 1 unspecified atom stereocenters. The van der Waals surface area contributed by atoms with E-state index < -0.39 is 0 Å². The summed E-state index contributed by atoms with van der Waals surface area (Å²) in [5.41, 5.74) is 1.06. The number of nitrogens with zero attached hydrogens (tertiary/aromatic N) is 1. The Hall–Kier alpha value is -1.57.